The van der Waals surface area contributed by atoms with Crippen LogP contribution in [0.1, 0.15) is 32.3 Å². The van der Waals surface area contributed by atoms with Crippen LogP contribution in [0.25, 0.3) is 0 Å². The van der Waals surface area contributed by atoms with Gasteiger partial charge in [-0.05, 0) is 30.7 Å². The van der Waals surface area contributed by atoms with Crippen molar-refractivity contribution in [1.29, 1.82) is 0 Å². The first-order chi connectivity index (χ1) is 12.3. The fourth-order valence-corrected chi connectivity index (χ4v) is 3.23. The summed E-state index contributed by atoms with van der Waals surface area (Å²) in [7, 11) is 0. The maximum absolute atomic E-state index is 12.7. The van der Waals surface area contributed by atoms with Crippen LogP contribution in [0.4, 0.5) is 0 Å². The van der Waals surface area contributed by atoms with Gasteiger partial charge in [0.2, 0.25) is 11.8 Å². The van der Waals surface area contributed by atoms with Crippen LogP contribution < -0.4 is 11.1 Å². The SMILES string of the molecule is CC(C)C(NC(=O)C1CCCN1C(=O)C(N)Cc1ccccc1)C(=O)O. The highest BCUT2D eigenvalue weighted by Crippen LogP contribution is 2.20. The van der Waals surface area contributed by atoms with Crippen molar-refractivity contribution in [3.8, 4) is 0 Å². The molecule has 1 heterocycles. The van der Waals surface area contributed by atoms with Crippen molar-refractivity contribution < 1.29 is 19.5 Å². The minimum Gasteiger partial charge on any atom is -0.480 e. The Morgan fingerprint density at radius 3 is 2.50 bits per heavy atom. The number of nitrogens with two attached hydrogens (primary N) is 1. The molecule has 0 saturated carbocycles. The molecule has 1 aromatic rings. The number of nitrogens with one attached hydrogen (secondary N) is 1. The average Bonchev–Trinajstić information content (AvgIpc) is 3.08. The molecule has 2 amide bonds. The topological polar surface area (TPSA) is 113 Å². The molecule has 3 unspecified atom stereocenters. The Morgan fingerprint density at radius 2 is 1.92 bits per heavy atom. The van der Waals surface area contributed by atoms with Crippen LogP contribution in [0.2, 0.25) is 0 Å². The molecule has 1 aliphatic rings. The van der Waals surface area contributed by atoms with Crippen molar-refractivity contribution in [2.24, 2.45) is 11.7 Å². The van der Waals surface area contributed by atoms with Crippen LogP contribution >= 0.6 is 0 Å². The molecule has 7 heteroatoms. The van der Waals surface area contributed by atoms with Gasteiger partial charge in [-0.3, -0.25) is 9.59 Å². The first-order valence-electron chi connectivity index (χ1n) is 8.94. The zero-order valence-corrected chi connectivity index (χ0v) is 15.2. The molecular formula is C19H27N3O4. The normalized spacial score (nSPS) is 19.2. The summed E-state index contributed by atoms with van der Waals surface area (Å²) < 4.78 is 0. The van der Waals surface area contributed by atoms with Gasteiger partial charge in [0.1, 0.15) is 12.1 Å². The Bertz CT molecular complexity index is 647. The summed E-state index contributed by atoms with van der Waals surface area (Å²) in [6.07, 6.45) is 1.61. The van der Waals surface area contributed by atoms with Gasteiger partial charge >= 0.3 is 5.97 Å². The van der Waals surface area contributed by atoms with E-state index in [1.165, 1.54) is 4.90 Å². The van der Waals surface area contributed by atoms with Crippen LogP contribution in [0.15, 0.2) is 30.3 Å². The molecule has 1 fully saturated rings. The molecule has 0 radical (unpaired) electrons. The fourth-order valence-electron chi connectivity index (χ4n) is 3.23. The Labute approximate surface area is 153 Å². The van der Waals surface area contributed by atoms with E-state index in [1.54, 1.807) is 13.8 Å². The van der Waals surface area contributed by atoms with E-state index in [-0.39, 0.29) is 11.8 Å². The molecule has 3 atom stereocenters. The van der Waals surface area contributed by atoms with E-state index >= 15 is 0 Å². The number of likely N-dealkylation sites (tertiary alicyclic amines) is 1. The molecule has 0 bridgehead atoms. The van der Waals surface area contributed by atoms with Gasteiger partial charge in [0.15, 0.2) is 0 Å². The van der Waals surface area contributed by atoms with Crippen LogP contribution in [0.3, 0.4) is 0 Å². The highest BCUT2D eigenvalue weighted by atomic mass is 16.4. The van der Waals surface area contributed by atoms with Crippen molar-refractivity contribution in [2.45, 2.75) is 51.2 Å². The highest BCUT2D eigenvalue weighted by Gasteiger charge is 2.37. The number of nitrogens with zero attached hydrogens (tertiary/aromatic N) is 1. The van der Waals surface area contributed by atoms with Crippen LogP contribution in [0.5, 0.6) is 0 Å². The lowest BCUT2D eigenvalue weighted by Crippen LogP contribution is -2.55. The number of amides is 2. The summed E-state index contributed by atoms with van der Waals surface area (Å²) in [5, 5.41) is 11.8. The fraction of sp³-hybridized carbons (Fsp3) is 0.526. The molecule has 0 aromatic heterocycles. The monoisotopic (exact) mass is 361 g/mol. The Kier molecular flexibility index (Phi) is 6.74. The summed E-state index contributed by atoms with van der Waals surface area (Å²) in [5.41, 5.74) is 7.03. The summed E-state index contributed by atoms with van der Waals surface area (Å²) in [5.74, 6) is -2.03. The van der Waals surface area contributed by atoms with Gasteiger partial charge in [0.25, 0.3) is 0 Å². The molecule has 7 nitrogen and oxygen atoms in total. The van der Waals surface area contributed by atoms with E-state index in [0.717, 1.165) is 5.56 Å². The minimum atomic E-state index is -1.08. The number of hydrogen-bond donors (Lipinski definition) is 3. The highest BCUT2D eigenvalue weighted by molar-refractivity contribution is 5.92. The van der Waals surface area contributed by atoms with E-state index in [1.807, 2.05) is 30.3 Å². The first kappa shape index (κ1) is 19.9. The van der Waals surface area contributed by atoms with Crippen molar-refractivity contribution >= 4 is 17.8 Å². The van der Waals surface area contributed by atoms with Gasteiger partial charge < -0.3 is 21.1 Å². The number of carboxylic acids is 1. The second-order valence-corrected chi connectivity index (χ2v) is 7.05. The number of hydrogen-bond acceptors (Lipinski definition) is 4. The van der Waals surface area contributed by atoms with Crippen LogP contribution in [0, 0.1) is 5.92 Å². The number of carbonyl (C=O) groups is 3. The second-order valence-electron chi connectivity index (χ2n) is 7.05. The first-order valence-corrected chi connectivity index (χ1v) is 8.94. The number of aliphatic carboxylic acids is 1. The Morgan fingerprint density at radius 1 is 1.27 bits per heavy atom. The van der Waals surface area contributed by atoms with E-state index in [9.17, 15) is 19.5 Å². The number of carboxylic acid groups (broad SMARTS) is 1. The van der Waals surface area contributed by atoms with Gasteiger partial charge in [-0.25, -0.2) is 4.79 Å². The van der Waals surface area contributed by atoms with Crippen LogP contribution in [-0.4, -0.2) is 52.5 Å². The molecule has 4 N–H and O–H groups in total. The van der Waals surface area contributed by atoms with Gasteiger partial charge in [0.05, 0.1) is 6.04 Å². The van der Waals surface area contributed by atoms with Gasteiger partial charge in [-0.2, -0.15) is 0 Å². The standard InChI is InChI=1S/C19H27N3O4/c1-12(2)16(19(25)26)21-17(23)15-9-6-10-22(15)18(24)14(20)11-13-7-4-3-5-8-13/h3-5,7-8,12,14-16H,6,9-11,20H2,1-2H3,(H,21,23)(H,25,26). The molecule has 0 aliphatic carbocycles. The zero-order chi connectivity index (χ0) is 19.3. The molecule has 2 rings (SSSR count). The Balaban J connectivity index is 2.02. The number of carbonyl (C=O) groups excluding carboxylic acids is 2. The lowest BCUT2D eigenvalue weighted by atomic mass is 10.0. The predicted octanol–water partition coefficient (Wildman–Crippen LogP) is 0.773. The smallest absolute Gasteiger partial charge is 0.326 e. The Hall–Kier alpha value is -2.41. The number of rotatable bonds is 7. The lowest BCUT2D eigenvalue weighted by molar-refractivity contribution is -0.145. The van der Waals surface area contributed by atoms with Gasteiger partial charge in [-0.15, -0.1) is 0 Å². The molecule has 0 spiro atoms. The third kappa shape index (κ3) is 4.82. The average molecular weight is 361 g/mol. The summed E-state index contributed by atoms with van der Waals surface area (Å²) in [4.78, 5) is 38.1. The largest absolute Gasteiger partial charge is 0.480 e. The summed E-state index contributed by atoms with van der Waals surface area (Å²) >= 11 is 0. The van der Waals surface area contributed by atoms with E-state index in [2.05, 4.69) is 5.32 Å². The number of benzene rings is 1. The van der Waals surface area contributed by atoms with Crippen molar-refractivity contribution in [3.05, 3.63) is 35.9 Å². The third-order valence-electron chi connectivity index (χ3n) is 4.68. The summed E-state index contributed by atoms with van der Waals surface area (Å²) in [6, 6.07) is 7.11. The molecule has 142 valence electrons. The van der Waals surface area contributed by atoms with Crippen molar-refractivity contribution in [3.63, 3.8) is 0 Å². The third-order valence-corrected chi connectivity index (χ3v) is 4.68. The summed E-state index contributed by atoms with van der Waals surface area (Å²) in [6.45, 7) is 3.91. The lowest BCUT2D eigenvalue weighted by Gasteiger charge is -2.28. The zero-order valence-electron chi connectivity index (χ0n) is 15.2. The predicted molar refractivity (Wildman–Crippen MR) is 97.3 cm³/mol. The minimum absolute atomic E-state index is 0.248. The molecule has 1 saturated heterocycles. The van der Waals surface area contributed by atoms with Crippen LogP contribution in [-0.2, 0) is 20.8 Å². The van der Waals surface area contributed by atoms with Crippen molar-refractivity contribution in [1.82, 2.24) is 10.2 Å². The molecule has 26 heavy (non-hydrogen) atoms. The molecule has 1 aromatic carbocycles. The maximum Gasteiger partial charge on any atom is 0.326 e. The van der Waals surface area contributed by atoms with E-state index in [4.69, 9.17) is 5.73 Å². The second kappa shape index (κ2) is 8.80. The van der Waals surface area contributed by atoms with E-state index < -0.39 is 30.0 Å². The molecule has 1 aliphatic heterocycles. The van der Waals surface area contributed by atoms with Crippen molar-refractivity contribution in [2.75, 3.05) is 6.54 Å². The van der Waals surface area contributed by atoms with E-state index in [0.29, 0.717) is 25.8 Å². The van der Waals surface area contributed by atoms with Gasteiger partial charge in [-0.1, -0.05) is 44.2 Å². The quantitative estimate of drug-likeness (QED) is 0.664. The molecular weight excluding hydrogens is 334 g/mol. The maximum atomic E-state index is 12.7. The van der Waals surface area contributed by atoms with Gasteiger partial charge in [0, 0.05) is 6.54 Å².